The Morgan fingerprint density at radius 3 is 1.73 bits per heavy atom. The lowest BCUT2D eigenvalue weighted by Gasteiger charge is -2.22. The highest BCUT2D eigenvalue weighted by molar-refractivity contribution is 5.93. The quantitative estimate of drug-likeness (QED) is 0.184. The second-order valence-corrected chi connectivity index (χ2v) is 13.8. The van der Waals surface area contributed by atoms with Gasteiger partial charge >= 0.3 is 5.69 Å². The third kappa shape index (κ3) is 4.94. The zero-order chi connectivity index (χ0) is 34.9. The second-order valence-electron chi connectivity index (χ2n) is 13.8. The molecule has 1 aliphatic carbocycles. The summed E-state index contributed by atoms with van der Waals surface area (Å²) in [6.07, 6.45) is 0. The standard InChI is InChI=1S/C45H35N5O/c1-45(2)36-20-12-19-34(28-13-7-5-8-14-28)40(36)35-23-21-33(26-37(35)45)43-47-41(29-15-9-6-10-16-29)46-42(48-43)32-18-11-17-30(25-32)31-22-24-38-39(27-31)50(4)44(51)49(38)3/h5-27H,1-4H3. The van der Waals surface area contributed by atoms with Crippen molar-refractivity contribution in [2.24, 2.45) is 14.1 Å². The Morgan fingerprint density at radius 2 is 1.00 bits per heavy atom. The Kier molecular flexibility index (Phi) is 6.97. The van der Waals surface area contributed by atoms with Gasteiger partial charge in [-0.1, -0.05) is 129 Å². The molecule has 0 fully saturated rings. The van der Waals surface area contributed by atoms with Crippen molar-refractivity contribution in [3.05, 3.63) is 161 Å². The molecular formula is C45H35N5O. The zero-order valence-corrected chi connectivity index (χ0v) is 28.9. The molecule has 6 heteroatoms. The van der Waals surface area contributed by atoms with Gasteiger partial charge in [-0.15, -0.1) is 0 Å². The van der Waals surface area contributed by atoms with E-state index < -0.39 is 0 Å². The molecule has 246 valence electrons. The van der Waals surface area contributed by atoms with Gasteiger partial charge in [0.25, 0.3) is 0 Å². The number of benzene rings is 6. The van der Waals surface area contributed by atoms with Crippen molar-refractivity contribution in [2.45, 2.75) is 19.3 Å². The molecule has 6 aromatic carbocycles. The largest absolute Gasteiger partial charge is 0.328 e. The summed E-state index contributed by atoms with van der Waals surface area (Å²) < 4.78 is 3.36. The minimum absolute atomic E-state index is 0.0440. The molecule has 2 aromatic heterocycles. The summed E-state index contributed by atoms with van der Waals surface area (Å²) in [6, 6.07) is 48.4. The lowest BCUT2D eigenvalue weighted by atomic mass is 9.81. The van der Waals surface area contributed by atoms with Crippen LogP contribution in [0.1, 0.15) is 25.0 Å². The first kappa shape index (κ1) is 30.6. The summed E-state index contributed by atoms with van der Waals surface area (Å²) in [7, 11) is 3.61. The van der Waals surface area contributed by atoms with Gasteiger partial charge in [-0.25, -0.2) is 19.7 Å². The molecule has 0 saturated carbocycles. The Morgan fingerprint density at radius 1 is 0.451 bits per heavy atom. The summed E-state index contributed by atoms with van der Waals surface area (Å²) in [4.78, 5) is 27.8. The molecule has 0 radical (unpaired) electrons. The van der Waals surface area contributed by atoms with Gasteiger partial charge in [0.1, 0.15) is 0 Å². The lowest BCUT2D eigenvalue weighted by molar-refractivity contribution is 0.660. The highest BCUT2D eigenvalue weighted by Crippen LogP contribution is 2.52. The SMILES string of the molecule is Cn1c(=O)n(C)c2cc(-c3cccc(-c4nc(-c5ccccc5)nc(-c5ccc6c(c5)C(C)(C)c5cccc(-c7ccccc7)c5-6)n4)c3)ccc21. The van der Waals surface area contributed by atoms with Crippen molar-refractivity contribution in [1.82, 2.24) is 24.1 Å². The van der Waals surface area contributed by atoms with Crippen molar-refractivity contribution in [1.29, 1.82) is 0 Å². The third-order valence-electron chi connectivity index (χ3n) is 10.4. The molecule has 0 saturated heterocycles. The molecule has 0 aliphatic heterocycles. The molecule has 0 spiro atoms. The molecular weight excluding hydrogens is 627 g/mol. The predicted molar refractivity (Wildman–Crippen MR) is 206 cm³/mol. The van der Waals surface area contributed by atoms with E-state index in [1.165, 1.54) is 33.4 Å². The maximum Gasteiger partial charge on any atom is 0.328 e. The van der Waals surface area contributed by atoms with Crippen molar-refractivity contribution in [3.8, 4) is 67.5 Å². The van der Waals surface area contributed by atoms with Gasteiger partial charge in [0, 0.05) is 36.2 Å². The number of hydrogen-bond donors (Lipinski definition) is 0. The normalized spacial score (nSPS) is 12.9. The van der Waals surface area contributed by atoms with Gasteiger partial charge in [-0.2, -0.15) is 0 Å². The topological polar surface area (TPSA) is 65.6 Å². The van der Waals surface area contributed by atoms with Gasteiger partial charge in [-0.05, 0) is 68.8 Å². The van der Waals surface area contributed by atoms with Crippen molar-refractivity contribution in [3.63, 3.8) is 0 Å². The van der Waals surface area contributed by atoms with Crippen LogP contribution in [0.2, 0.25) is 0 Å². The predicted octanol–water partition coefficient (Wildman–Crippen LogP) is 9.70. The van der Waals surface area contributed by atoms with Crippen LogP contribution >= 0.6 is 0 Å². The minimum atomic E-state index is -0.207. The lowest BCUT2D eigenvalue weighted by Crippen LogP contribution is -2.19. The third-order valence-corrected chi connectivity index (χ3v) is 10.4. The van der Waals surface area contributed by atoms with E-state index in [1.54, 1.807) is 16.2 Å². The second kappa shape index (κ2) is 11.6. The highest BCUT2D eigenvalue weighted by atomic mass is 16.1. The Bertz CT molecular complexity index is 2710. The van der Waals surface area contributed by atoms with Crippen LogP contribution in [0.15, 0.2) is 144 Å². The molecule has 0 N–H and O–H groups in total. The van der Waals surface area contributed by atoms with Crippen LogP contribution in [0, 0.1) is 0 Å². The Hall–Kier alpha value is -6.40. The zero-order valence-electron chi connectivity index (χ0n) is 28.9. The highest BCUT2D eigenvalue weighted by Gasteiger charge is 2.37. The molecule has 9 rings (SSSR count). The number of aromatic nitrogens is 5. The number of nitrogens with zero attached hydrogens (tertiary/aromatic N) is 5. The van der Waals surface area contributed by atoms with Crippen LogP contribution < -0.4 is 5.69 Å². The summed E-state index contributed by atoms with van der Waals surface area (Å²) >= 11 is 0. The molecule has 51 heavy (non-hydrogen) atoms. The maximum absolute atomic E-state index is 12.6. The number of rotatable bonds is 5. The van der Waals surface area contributed by atoms with E-state index in [9.17, 15) is 4.79 Å². The number of aryl methyl sites for hydroxylation is 2. The molecule has 6 nitrogen and oxygen atoms in total. The van der Waals surface area contributed by atoms with E-state index in [-0.39, 0.29) is 11.1 Å². The molecule has 0 amide bonds. The van der Waals surface area contributed by atoms with Crippen molar-refractivity contribution < 1.29 is 0 Å². The first-order valence-electron chi connectivity index (χ1n) is 17.2. The van der Waals surface area contributed by atoms with E-state index in [4.69, 9.17) is 15.0 Å². The van der Waals surface area contributed by atoms with E-state index >= 15 is 0 Å². The first-order valence-corrected chi connectivity index (χ1v) is 17.2. The van der Waals surface area contributed by atoms with E-state index in [0.29, 0.717) is 17.5 Å². The smallest absolute Gasteiger partial charge is 0.295 e. The molecule has 0 atom stereocenters. The fourth-order valence-electron chi connectivity index (χ4n) is 7.66. The number of imidazole rings is 1. The molecule has 0 bridgehead atoms. The summed E-state index contributed by atoms with van der Waals surface area (Å²) in [5, 5.41) is 0. The van der Waals surface area contributed by atoms with Crippen molar-refractivity contribution in [2.75, 3.05) is 0 Å². The average molecular weight is 662 g/mol. The molecule has 1 aliphatic rings. The average Bonchev–Trinajstić information content (AvgIpc) is 3.55. The van der Waals surface area contributed by atoms with Crippen LogP contribution in [0.4, 0.5) is 0 Å². The van der Waals surface area contributed by atoms with Gasteiger partial charge in [0.15, 0.2) is 17.5 Å². The van der Waals surface area contributed by atoms with Crippen LogP contribution in [0.3, 0.4) is 0 Å². The Labute approximate surface area is 296 Å². The molecule has 8 aromatic rings. The van der Waals surface area contributed by atoms with E-state index in [1.807, 2.05) is 55.6 Å². The summed E-state index contributed by atoms with van der Waals surface area (Å²) in [5.74, 6) is 1.85. The molecule has 0 unspecified atom stereocenters. The maximum atomic E-state index is 12.6. The van der Waals surface area contributed by atoms with Gasteiger partial charge in [0.05, 0.1) is 11.0 Å². The van der Waals surface area contributed by atoms with Gasteiger partial charge in [0.2, 0.25) is 0 Å². The fourth-order valence-corrected chi connectivity index (χ4v) is 7.66. The minimum Gasteiger partial charge on any atom is -0.295 e. The van der Waals surface area contributed by atoms with E-state index in [0.717, 1.165) is 38.9 Å². The van der Waals surface area contributed by atoms with Crippen LogP contribution in [0.25, 0.3) is 78.6 Å². The van der Waals surface area contributed by atoms with Crippen molar-refractivity contribution >= 4 is 11.0 Å². The summed E-state index contributed by atoms with van der Waals surface area (Å²) in [6.45, 7) is 4.61. The Balaban J connectivity index is 1.18. The fraction of sp³-hybridized carbons (Fsp3) is 0.111. The van der Waals surface area contributed by atoms with Crippen LogP contribution in [0.5, 0.6) is 0 Å². The van der Waals surface area contributed by atoms with Crippen LogP contribution in [-0.2, 0) is 19.5 Å². The van der Waals surface area contributed by atoms with Gasteiger partial charge in [-0.3, -0.25) is 9.13 Å². The van der Waals surface area contributed by atoms with E-state index in [2.05, 4.69) is 105 Å². The van der Waals surface area contributed by atoms with Crippen LogP contribution in [-0.4, -0.2) is 24.1 Å². The monoisotopic (exact) mass is 661 g/mol. The van der Waals surface area contributed by atoms with Gasteiger partial charge < -0.3 is 0 Å². The molecule has 2 heterocycles. The summed E-state index contributed by atoms with van der Waals surface area (Å²) in [5.41, 5.74) is 13.9. The first-order chi connectivity index (χ1) is 24.8. The number of hydrogen-bond acceptors (Lipinski definition) is 4. The number of fused-ring (bicyclic) bond motifs is 4.